The van der Waals surface area contributed by atoms with Gasteiger partial charge in [-0.1, -0.05) is 19.1 Å². The number of aromatic amines is 1. The average molecular weight is 259 g/mol. The molecule has 6 heteroatoms. The number of hydrogen-bond donors (Lipinski definition) is 3. The normalized spacial score (nSPS) is 12.2. The molecule has 4 N–H and O–H groups in total. The Bertz CT molecular complexity index is 578. The summed E-state index contributed by atoms with van der Waals surface area (Å²) in [6, 6.07) is 6.87. The molecule has 0 aliphatic rings. The second kappa shape index (κ2) is 5.62. The summed E-state index contributed by atoms with van der Waals surface area (Å²) in [4.78, 5) is 16.1. The summed E-state index contributed by atoms with van der Waals surface area (Å²) < 4.78 is 0. The van der Waals surface area contributed by atoms with Gasteiger partial charge in [-0.25, -0.2) is 4.98 Å². The Balaban J connectivity index is 2.29. The van der Waals surface area contributed by atoms with E-state index in [2.05, 4.69) is 20.5 Å². The Morgan fingerprint density at radius 2 is 2.21 bits per heavy atom. The average Bonchev–Trinajstić information content (AvgIpc) is 2.85. The highest BCUT2D eigenvalue weighted by Crippen LogP contribution is 2.24. The molecule has 6 nitrogen and oxygen atoms in total. The van der Waals surface area contributed by atoms with E-state index in [0.717, 1.165) is 11.4 Å². The molecule has 0 saturated carbocycles. The number of carbonyl (C=O) groups excluding carboxylic acids is 1. The molecule has 0 aliphatic heterocycles. The number of nitrogens with zero attached hydrogens (tertiary/aromatic N) is 2. The van der Waals surface area contributed by atoms with Crippen LogP contribution in [0.3, 0.4) is 0 Å². The summed E-state index contributed by atoms with van der Waals surface area (Å²) in [6.45, 7) is 3.69. The maximum atomic E-state index is 11.8. The van der Waals surface area contributed by atoms with Crippen molar-refractivity contribution in [2.75, 3.05) is 5.32 Å². The molecular weight excluding hydrogens is 242 g/mol. The van der Waals surface area contributed by atoms with Crippen molar-refractivity contribution in [3.05, 3.63) is 30.1 Å². The van der Waals surface area contributed by atoms with E-state index in [1.807, 2.05) is 32.0 Å². The summed E-state index contributed by atoms with van der Waals surface area (Å²) in [5.41, 5.74) is 7.14. The number of nitrogens with one attached hydrogen (secondary N) is 2. The largest absolute Gasteiger partial charge is 0.324 e. The third kappa shape index (κ3) is 2.97. The molecule has 100 valence electrons. The van der Waals surface area contributed by atoms with Gasteiger partial charge in [-0.3, -0.25) is 9.89 Å². The van der Waals surface area contributed by atoms with Gasteiger partial charge in [-0.15, -0.1) is 0 Å². The lowest BCUT2D eigenvalue weighted by Crippen LogP contribution is -2.34. The van der Waals surface area contributed by atoms with Crippen molar-refractivity contribution in [1.82, 2.24) is 15.2 Å². The third-order valence-electron chi connectivity index (χ3n) is 2.80. The number of H-pyrrole nitrogens is 1. The minimum absolute atomic E-state index is 0.206. The van der Waals surface area contributed by atoms with E-state index in [1.54, 1.807) is 6.07 Å². The lowest BCUT2D eigenvalue weighted by Gasteiger charge is -2.12. The van der Waals surface area contributed by atoms with Gasteiger partial charge in [0.1, 0.15) is 5.82 Å². The van der Waals surface area contributed by atoms with E-state index in [4.69, 9.17) is 5.73 Å². The number of para-hydroxylation sites is 1. The van der Waals surface area contributed by atoms with Gasteiger partial charge in [-0.05, 0) is 25.5 Å². The van der Waals surface area contributed by atoms with Crippen molar-refractivity contribution in [2.24, 2.45) is 5.73 Å². The van der Waals surface area contributed by atoms with Crippen LogP contribution in [0.25, 0.3) is 11.4 Å². The van der Waals surface area contributed by atoms with Gasteiger partial charge in [0.05, 0.1) is 11.7 Å². The van der Waals surface area contributed by atoms with Crippen LogP contribution in [0.15, 0.2) is 24.3 Å². The smallest absolute Gasteiger partial charge is 0.241 e. The fourth-order valence-electron chi connectivity index (χ4n) is 1.66. The predicted octanol–water partition coefficient (Wildman–Crippen LogP) is 1.46. The Hall–Kier alpha value is -2.21. The molecule has 1 aromatic carbocycles. The van der Waals surface area contributed by atoms with Crippen LogP contribution in [-0.4, -0.2) is 27.1 Å². The number of aryl methyl sites for hydroxylation is 1. The summed E-state index contributed by atoms with van der Waals surface area (Å²) in [7, 11) is 0. The predicted molar refractivity (Wildman–Crippen MR) is 73.5 cm³/mol. The number of amides is 1. The lowest BCUT2D eigenvalue weighted by molar-refractivity contribution is -0.117. The van der Waals surface area contributed by atoms with E-state index in [9.17, 15) is 4.79 Å². The molecule has 1 atom stereocenters. The molecule has 0 spiro atoms. The highest BCUT2D eigenvalue weighted by molar-refractivity contribution is 5.97. The van der Waals surface area contributed by atoms with E-state index in [1.165, 1.54) is 0 Å². The van der Waals surface area contributed by atoms with Gasteiger partial charge in [0.15, 0.2) is 5.82 Å². The summed E-state index contributed by atoms with van der Waals surface area (Å²) >= 11 is 0. The number of hydrogen-bond acceptors (Lipinski definition) is 4. The maximum absolute atomic E-state index is 11.8. The SMILES string of the molecule is CC[C@H](N)C(=O)Nc1ccccc1-c1n[nH]c(C)n1. The van der Waals surface area contributed by atoms with E-state index in [0.29, 0.717) is 17.9 Å². The molecule has 2 aromatic rings. The first-order valence-corrected chi connectivity index (χ1v) is 6.16. The molecule has 0 fully saturated rings. The second-order valence-electron chi connectivity index (χ2n) is 4.29. The van der Waals surface area contributed by atoms with Gasteiger partial charge in [0.25, 0.3) is 0 Å². The minimum Gasteiger partial charge on any atom is -0.324 e. The fourth-order valence-corrected chi connectivity index (χ4v) is 1.66. The Morgan fingerprint density at radius 1 is 1.47 bits per heavy atom. The Morgan fingerprint density at radius 3 is 2.84 bits per heavy atom. The van der Waals surface area contributed by atoms with E-state index < -0.39 is 6.04 Å². The molecule has 0 saturated heterocycles. The van der Waals surface area contributed by atoms with Crippen LogP contribution in [0.4, 0.5) is 5.69 Å². The zero-order valence-corrected chi connectivity index (χ0v) is 11.0. The third-order valence-corrected chi connectivity index (χ3v) is 2.80. The van der Waals surface area contributed by atoms with Crippen molar-refractivity contribution < 1.29 is 4.79 Å². The molecule has 1 heterocycles. The van der Waals surface area contributed by atoms with Crippen LogP contribution in [0.5, 0.6) is 0 Å². The van der Waals surface area contributed by atoms with Crippen molar-refractivity contribution in [3.63, 3.8) is 0 Å². The molecular formula is C13H17N5O. The summed E-state index contributed by atoms with van der Waals surface area (Å²) in [6.07, 6.45) is 0.591. The number of anilines is 1. The number of rotatable bonds is 4. The summed E-state index contributed by atoms with van der Waals surface area (Å²) in [5, 5.41) is 9.69. The van der Waals surface area contributed by atoms with Gasteiger partial charge in [0, 0.05) is 5.56 Å². The van der Waals surface area contributed by atoms with Crippen LogP contribution in [0, 0.1) is 6.92 Å². The molecule has 0 unspecified atom stereocenters. The minimum atomic E-state index is -0.512. The van der Waals surface area contributed by atoms with Crippen LogP contribution in [-0.2, 0) is 4.79 Å². The fraction of sp³-hybridized carbons (Fsp3) is 0.308. The van der Waals surface area contributed by atoms with Crippen molar-refractivity contribution in [3.8, 4) is 11.4 Å². The molecule has 0 aliphatic carbocycles. The molecule has 1 amide bonds. The van der Waals surface area contributed by atoms with Gasteiger partial charge >= 0.3 is 0 Å². The van der Waals surface area contributed by atoms with Gasteiger partial charge in [0.2, 0.25) is 5.91 Å². The number of benzene rings is 1. The zero-order valence-electron chi connectivity index (χ0n) is 11.0. The zero-order chi connectivity index (χ0) is 13.8. The highest BCUT2D eigenvalue weighted by Gasteiger charge is 2.15. The number of nitrogens with two attached hydrogens (primary N) is 1. The molecule has 19 heavy (non-hydrogen) atoms. The topological polar surface area (TPSA) is 96.7 Å². The first-order valence-electron chi connectivity index (χ1n) is 6.16. The second-order valence-corrected chi connectivity index (χ2v) is 4.29. The Kier molecular flexibility index (Phi) is 3.91. The lowest BCUT2D eigenvalue weighted by atomic mass is 10.1. The molecule has 2 rings (SSSR count). The van der Waals surface area contributed by atoms with Crippen molar-refractivity contribution in [1.29, 1.82) is 0 Å². The van der Waals surface area contributed by atoms with Crippen molar-refractivity contribution in [2.45, 2.75) is 26.3 Å². The molecule has 1 aromatic heterocycles. The van der Waals surface area contributed by atoms with Crippen LogP contribution < -0.4 is 11.1 Å². The molecule has 0 radical (unpaired) electrons. The maximum Gasteiger partial charge on any atom is 0.241 e. The highest BCUT2D eigenvalue weighted by atomic mass is 16.2. The van der Waals surface area contributed by atoms with Gasteiger partial charge < -0.3 is 11.1 Å². The van der Waals surface area contributed by atoms with Crippen LogP contribution in [0.2, 0.25) is 0 Å². The van der Waals surface area contributed by atoms with E-state index >= 15 is 0 Å². The van der Waals surface area contributed by atoms with Crippen molar-refractivity contribution >= 4 is 11.6 Å². The Labute approximate surface area is 111 Å². The van der Waals surface area contributed by atoms with E-state index in [-0.39, 0.29) is 5.91 Å². The number of aromatic nitrogens is 3. The standard InChI is InChI=1S/C13H17N5O/c1-3-10(14)13(19)16-11-7-5-4-6-9(11)12-15-8(2)17-18-12/h4-7,10H,3,14H2,1-2H3,(H,16,19)(H,15,17,18)/t10-/m0/s1. The molecule has 0 bridgehead atoms. The summed E-state index contributed by atoms with van der Waals surface area (Å²) in [5.74, 6) is 1.07. The van der Waals surface area contributed by atoms with Gasteiger partial charge in [-0.2, -0.15) is 5.10 Å². The number of carbonyl (C=O) groups is 1. The quantitative estimate of drug-likeness (QED) is 0.774. The first kappa shape index (κ1) is 13.2. The first-order chi connectivity index (χ1) is 9.11. The monoisotopic (exact) mass is 259 g/mol. The van der Waals surface area contributed by atoms with Crippen LogP contribution in [0.1, 0.15) is 19.2 Å². The van der Waals surface area contributed by atoms with Crippen LogP contribution >= 0.6 is 0 Å².